The third-order valence-corrected chi connectivity index (χ3v) is 8.30. The molecule has 5 N–H and O–H groups in total. The first-order valence-electron chi connectivity index (χ1n) is 14.1. The fourth-order valence-corrected chi connectivity index (χ4v) is 6.04. The van der Waals surface area contributed by atoms with E-state index < -0.39 is 0 Å². The first-order chi connectivity index (χ1) is 18.6. The van der Waals surface area contributed by atoms with Crippen LogP contribution in [0.3, 0.4) is 0 Å². The largest absolute Gasteiger partial charge is 0.351 e. The molecule has 0 aromatic carbocycles. The molecule has 38 heavy (non-hydrogen) atoms. The van der Waals surface area contributed by atoms with Crippen molar-refractivity contribution in [3.63, 3.8) is 0 Å². The summed E-state index contributed by atoms with van der Waals surface area (Å²) in [4.78, 5) is 25.9. The van der Waals surface area contributed by atoms with Crippen LogP contribution >= 0.6 is 0 Å². The lowest BCUT2D eigenvalue weighted by Crippen LogP contribution is -2.51. The maximum atomic E-state index is 12.5. The minimum absolute atomic E-state index is 0.0526. The summed E-state index contributed by atoms with van der Waals surface area (Å²) in [6.07, 6.45) is 16.5. The average Bonchev–Trinajstić information content (AvgIpc) is 3.65. The number of rotatable bonds is 8. The number of amides is 2. The minimum Gasteiger partial charge on any atom is -0.351 e. The van der Waals surface area contributed by atoms with Crippen molar-refractivity contribution < 1.29 is 4.79 Å². The molecule has 3 aliphatic carbocycles. The number of urea groups is 1. The van der Waals surface area contributed by atoms with E-state index in [4.69, 9.17) is 0 Å². The van der Waals surface area contributed by atoms with Gasteiger partial charge in [0, 0.05) is 54.2 Å². The van der Waals surface area contributed by atoms with E-state index in [1.54, 1.807) is 6.20 Å². The highest BCUT2D eigenvalue weighted by Gasteiger charge is 2.32. The van der Waals surface area contributed by atoms with Gasteiger partial charge in [-0.3, -0.25) is 5.10 Å². The zero-order valence-electron chi connectivity index (χ0n) is 22.0. The first-order valence-corrected chi connectivity index (χ1v) is 14.1. The Hall–Kier alpha value is -3.63. The number of hydrogen-bond donors (Lipinski definition) is 5. The van der Waals surface area contributed by atoms with Gasteiger partial charge >= 0.3 is 6.03 Å². The molecule has 0 atom stereocenters. The van der Waals surface area contributed by atoms with Gasteiger partial charge in [-0.2, -0.15) is 10.1 Å². The molecule has 2 amide bonds. The van der Waals surface area contributed by atoms with Crippen LogP contribution in [0.25, 0.3) is 0 Å². The number of carbonyl (C=O) groups excluding carboxylic acids is 1. The van der Waals surface area contributed by atoms with Crippen LogP contribution in [0.2, 0.25) is 0 Å². The molecule has 0 saturated heterocycles. The van der Waals surface area contributed by atoms with E-state index in [0.29, 0.717) is 17.9 Å². The molecular weight excluding hydrogens is 480 g/mol. The molecule has 3 saturated carbocycles. The molecule has 0 radical (unpaired) electrons. The van der Waals surface area contributed by atoms with Crippen molar-refractivity contribution in [2.24, 2.45) is 0 Å². The van der Waals surface area contributed by atoms with E-state index in [1.807, 2.05) is 19.3 Å². The van der Waals surface area contributed by atoms with Crippen LogP contribution in [0.15, 0.2) is 30.9 Å². The first kappa shape index (κ1) is 24.7. The van der Waals surface area contributed by atoms with E-state index in [9.17, 15) is 4.79 Å². The maximum Gasteiger partial charge on any atom is 0.315 e. The van der Waals surface area contributed by atoms with Crippen LogP contribution < -0.4 is 21.3 Å². The fraction of sp³-hybridized carbons (Fsp3) is 0.593. The summed E-state index contributed by atoms with van der Waals surface area (Å²) < 4.78 is 2.15. The highest BCUT2D eigenvalue weighted by molar-refractivity contribution is 5.74. The van der Waals surface area contributed by atoms with Gasteiger partial charge in [-0.15, -0.1) is 0 Å². The van der Waals surface area contributed by atoms with Crippen LogP contribution in [0, 0.1) is 6.92 Å². The second-order valence-electron chi connectivity index (χ2n) is 11.2. The predicted molar refractivity (Wildman–Crippen MR) is 145 cm³/mol. The lowest BCUT2D eigenvalue weighted by atomic mass is 9.86. The van der Waals surface area contributed by atoms with Crippen molar-refractivity contribution in [1.82, 2.24) is 40.3 Å². The summed E-state index contributed by atoms with van der Waals surface area (Å²) in [5, 5.41) is 20.7. The van der Waals surface area contributed by atoms with Crippen molar-refractivity contribution >= 4 is 23.6 Å². The van der Waals surface area contributed by atoms with Gasteiger partial charge in [-0.1, -0.05) is 12.8 Å². The number of anilines is 3. The summed E-state index contributed by atoms with van der Waals surface area (Å²) in [6.45, 7) is 2.00. The number of hydrogen-bond acceptors (Lipinski definition) is 7. The number of aromatic nitrogens is 6. The van der Waals surface area contributed by atoms with Crippen molar-refractivity contribution in [3.8, 4) is 0 Å². The summed E-state index contributed by atoms with van der Waals surface area (Å²) in [7, 11) is 0. The van der Waals surface area contributed by atoms with E-state index >= 15 is 0 Å². The average molecular weight is 519 g/mol. The smallest absolute Gasteiger partial charge is 0.315 e. The number of aromatic amines is 1. The van der Waals surface area contributed by atoms with Gasteiger partial charge in [0.1, 0.15) is 5.82 Å². The van der Waals surface area contributed by atoms with Crippen LogP contribution in [0.4, 0.5) is 22.4 Å². The summed E-state index contributed by atoms with van der Waals surface area (Å²) >= 11 is 0. The number of nitrogens with zero attached hydrogens (tertiary/aromatic N) is 5. The maximum absolute atomic E-state index is 12.5. The summed E-state index contributed by atoms with van der Waals surface area (Å²) in [5.41, 5.74) is 2.24. The lowest BCUT2D eigenvalue weighted by Gasteiger charge is -2.37. The number of aryl methyl sites for hydroxylation is 1. The third kappa shape index (κ3) is 5.92. The summed E-state index contributed by atoms with van der Waals surface area (Å²) in [5.74, 6) is 2.72. The monoisotopic (exact) mass is 518 g/mol. The lowest BCUT2D eigenvalue weighted by molar-refractivity contribution is 0.198. The second-order valence-corrected chi connectivity index (χ2v) is 11.2. The molecule has 6 rings (SSSR count). The molecule has 11 heteroatoms. The molecule has 3 fully saturated rings. The van der Waals surface area contributed by atoms with E-state index in [0.717, 1.165) is 55.9 Å². The van der Waals surface area contributed by atoms with Crippen molar-refractivity contribution in [1.29, 1.82) is 0 Å². The number of imidazole rings is 1. The molecule has 0 spiro atoms. The molecule has 0 aliphatic heterocycles. The zero-order valence-corrected chi connectivity index (χ0v) is 22.0. The quantitative estimate of drug-likeness (QED) is 0.295. The van der Waals surface area contributed by atoms with Crippen LogP contribution in [-0.4, -0.2) is 53.9 Å². The molecule has 3 heterocycles. The van der Waals surface area contributed by atoms with Gasteiger partial charge in [0.05, 0.1) is 12.0 Å². The number of carbonyl (C=O) groups is 1. The normalized spacial score (nSPS) is 25.5. The molecule has 202 valence electrons. The van der Waals surface area contributed by atoms with Gasteiger partial charge in [-0.25, -0.2) is 14.8 Å². The van der Waals surface area contributed by atoms with E-state index in [1.165, 1.54) is 31.4 Å². The van der Waals surface area contributed by atoms with Crippen LogP contribution in [0.5, 0.6) is 0 Å². The van der Waals surface area contributed by atoms with Gasteiger partial charge in [0.15, 0.2) is 5.82 Å². The molecular formula is C27H38N10O. The Kier molecular flexibility index (Phi) is 7.15. The Balaban J connectivity index is 0.916. The Morgan fingerprint density at radius 1 is 0.974 bits per heavy atom. The van der Waals surface area contributed by atoms with Crippen molar-refractivity contribution in [2.75, 3.05) is 10.6 Å². The Bertz CT molecular complexity index is 1220. The molecule has 3 aromatic heterocycles. The Morgan fingerprint density at radius 2 is 1.74 bits per heavy atom. The highest BCUT2D eigenvalue weighted by Crippen LogP contribution is 2.34. The van der Waals surface area contributed by atoms with E-state index in [-0.39, 0.29) is 24.2 Å². The molecule has 3 aliphatic rings. The molecule has 11 nitrogen and oxygen atoms in total. The predicted octanol–water partition coefficient (Wildman–Crippen LogP) is 4.53. The van der Waals surface area contributed by atoms with Gasteiger partial charge in [-0.05, 0) is 64.4 Å². The van der Waals surface area contributed by atoms with Crippen LogP contribution in [0.1, 0.15) is 87.6 Å². The summed E-state index contributed by atoms with van der Waals surface area (Å²) in [6, 6.07) is 5.06. The molecule has 3 aromatic rings. The number of nitrogens with one attached hydrogen (secondary N) is 5. The second kappa shape index (κ2) is 11.0. The van der Waals surface area contributed by atoms with E-state index in [2.05, 4.69) is 63.2 Å². The Morgan fingerprint density at radius 3 is 2.50 bits per heavy atom. The number of H-pyrrole nitrogens is 1. The van der Waals surface area contributed by atoms with Crippen molar-refractivity contribution in [2.45, 2.75) is 101 Å². The fourth-order valence-electron chi connectivity index (χ4n) is 6.04. The molecule has 0 unspecified atom stereocenters. The van der Waals surface area contributed by atoms with Gasteiger partial charge in [0.2, 0.25) is 5.95 Å². The van der Waals surface area contributed by atoms with Crippen LogP contribution in [-0.2, 0) is 0 Å². The third-order valence-electron chi connectivity index (χ3n) is 8.30. The van der Waals surface area contributed by atoms with Gasteiger partial charge < -0.3 is 25.8 Å². The Labute approximate surface area is 223 Å². The highest BCUT2D eigenvalue weighted by atomic mass is 16.2. The standard InChI is InChI=1S/C27H38N10O/c1-17-15-37(16-29-17)22-12-21(13-22)32-27(38)31-20-8-6-19(7-9-20)30-26-28-11-10-24(34-26)33-25-14-23(35-36-25)18-4-2-3-5-18/h10-11,14-16,18-22H,2-9,12-13H2,1H3,(H2,31,32,38)(H3,28,30,33,34,35,36)/t19-,20-,21-,22-. The zero-order chi connectivity index (χ0) is 25.9. The molecule has 0 bridgehead atoms. The SMILES string of the molecule is Cc1cn([C@H]2C[C@H](NC(=O)N[C@H]3CC[C@H](Nc4nccc(Nc5cc(C6CCCC6)[nH]n5)n4)CC3)C2)cn1. The van der Waals surface area contributed by atoms with Crippen molar-refractivity contribution in [3.05, 3.63) is 42.2 Å². The minimum atomic E-state index is -0.0526. The topological polar surface area (TPSA) is 137 Å². The van der Waals surface area contributed by atoms with Gasteiger partial charge in [0.25, 0.3) is 0 Å².